The fourth-order valence-corrected chi connectivity index (χ4v) is 1.86. The van der Waals surface area contributed by atoms with Gasteiger partial charge in [0.15, 0.2) is 0 Å². The van der Waals surface area contributed by atoms with Crippen molar-refractivity contribution in [2.24, 2.45) is 0 Å². The molecule has 0 heterocycles. The van der Waals surface area contributed by atoms with E-state index in [4.69, 9.17) is 0 Å². The molecule has 0 spiro atoms. The molecule has 0 fully saturated rings. The zero-order chi connectivity index (χ0) is 12.9. The van der Waals surface area contributed by atoms with Crippen LogP contribution in [0.5, 0.6) is 0 Å². The predicted molar refractivity (Wildman–Crippen MR) is 66.0 cm³/mol. The fourth-order valence-electron chi connectivity index (χ4n) is 1.14. The van der Waals surface area contributed by atoms with Crippen LogP contribution in [0.1, 0.15) is 15.9 Å². The van der Waals surface area contributed by atoms with Gasteiger partial charge in [-0.1, -0.05) is 28.1 Å². The summed E-state index contributed by atoms with van der Waals surface area (Å²) in [7, 11) is -4.28. The van der Waals surface area contributed by atoms with Crippen LogP contribution in [0.25, 0.3) is 0 Å². The SMILES string of the molecule is O=C(NCCS(=O)(=O)[O-])c1ccc(CBr)cc1.[Na+]. The van der Waals surface area contributed by atoms with Crippen molar-refractivity contribution in [1.82, 2.24) is 5.32 Å². The van der Waals surface area contributed by atoms with Crippen LogP contribution in [0.4, 0.5) is 0 Å². The molecule has 0 radical (unpaired) electrons. The molecule has 8 heteroatoms. The van der Waals surface area contributed by atoms with Crippen molar-refractivity contribution in [1.29, 1.82) is 0 Å². The molecule has 1 N–H and O–H groups in total. The molecule has 0 saturated heterocycles. The summed E-state index contributed by atoms with van der Waals surface area (Å²) in [4.78, 5) is 11.5. The van der Waals surface area contributed by atoms with Gasteiger partial charge in [0.25, 0.3) is 5.91 Å². The van der Waals surface area contributed by atoms with E-state index in [-0.39, 0.29) is 36.1 Å². The quantitative estimate of drug-likeness (QED) is 0.375. The largest absolute Gasteiger partial charge is 1.00 e. The van der Waals surface area contributed by atoms with E-state index >= 15 is 0 Å². The van der Waals surface area contributed by atoms with Crippen LogP contribution in [-0.4, -0.2) is 31.2 Å². The van der Waals surface area contributed by atoms with E-state index in [0.717, 1.165) is 5.56 Å². The first-order valence-electron chi connectivity index (χ1n) is 4.79. The van der Waals surface area contributed by atoms with Crippen molar-refractivity contribution in [3.8, 4) is 0 Å². The fraction of sp³-hybridized carbons (Fsp3) is 0.300. The maximum atomic E-state index is 11.5. The minimum Gasteiger partial charge on any atom is -0.748 e. The van der Waals surface area contributed by atoms with Crippen LogP contribution >= 0.6 is 15.9 Å². The number of amides is 1. The van der Waals surface area contributed by atoms with Crippen molar-refractivity contribution in [2.75, 3.05) is 12.3 Å². The Balaban J connectivity index is 0.00000289. The van der Waals surface area contributed by atoms with Crippen molar-refractivity contribution in [2.45, 2.75) is 5.33 Å². The third-order valence-electron chi connectivity index (χ3n) is 2.01. The number of rotatable bonds is 5. The van der Waals surface area contributed by atoms with Gasteiger partial charge in [-0.05, 0) is 17.7 Å². The van der Waals surface area contributed by atoms with E-state index in [1.54, 1.807) is 24.3 Å². The van der Waals surface area contributed by atoms with Gasteiger partial charge in [-0.2, -0.15) is 0 Å². The molecule has 0 bridgehead atoms. The topological polar surface area (TPSA) is 86.3 Å². The maximum Gasteiger partial charge on any atom is 1.00 e. The number of hydrogen-bond donors (Lipinski definition) is 1. The van der Waals surface area contributed by atoms with Gasteiger partial charge in [-0.3, -0.25) is 4.79 Å². The van der Waals surface area contributed by atoms with Gasteiger partial charge in [0.2, 0.25) is 0 Å². The number of hydrogen-bond acceptors (Lipinski definition) is 4. The molecule has 0 aliphatic rings. The molecule has 1 aromatic rings. The third-order valence-corrected chi connectivity index (χ3v) is 3.36. The molecule has 5 nitrogen and oxygen atoms in total. The van der Waals surface area contributed by atoms with Crippen LogP contribution in [0.3, 0.4) is 0 Å². The van der Waals surface area contributed by atoms with E-state index in [1.807, 2.05) is 0 Å². The first kappa shape index (κ1) is 18.1. The summed E-state index contributed by atoms with van der Waals surface area (Å²) in [5.41, 5.74) is 1.46. The average molecular weight is 344 g/mol. The van der Waals surface area contributed by atoms with Crippen LogP contribution in [0.15, 0.2) is 24.3 Å². The standard InChI is InChI=1S/C10H12BrNO4S.Na/c11-7-8-1-3-9(4-2-8)10(13)12-5-6-17(14,15)16;/h1-4H,5-7H2,(H,12,13)(H,14,15,16);/q;+1/p-1. The second kappa shape index (κ2) is 8.29. The van der Waals surface area contributed by atoms with Gasteiger partial charge >= 0.3 is 29.6 Å². The van der Waals surface area contributed by atoms with E-state index in [9.17, 15) is 17.8 Å². The first-order valence-corrected chi connectivity index (χ1v) is 7.49. The Morgan fingerprint density at radius 1 is 1.28 bits per heavy atom. The number of nitrogens with one attached hydrogen (secondary N) is 1. The van der Waals surface area contributed by atoms with Gasteiger partial charge in [-0.15, -0.1) is 0 Å². The molecule has 18 heavy (non-hydrogen) atoms. The van der Waals surface area contributed by atoms with Gasteiger partial charge < -0.3 is 9.87 Å². The van der Waals surface area contributed by atoms with Crippen LogP contribution in [-0.2, 0) is 15.4 Å². The zero-order valence-corrected chi connectivity index (χ0v) is 14.3. The molecule has 1 rings (SSSR count). The Bertz CT molecular complexity index is 489. The third kappa shape index (κ3) is 6.86. The molecule has 0 atom stereocenters. The van der Waals surface area contributed by atoms with Crippen molar-refractivity contribution < 1.29 is 47.3 Å². The van der Waals surface area contributed by atoms with Crippen LogP contribution < -0.4 is 34.9 Å². The molecule has 1 amide bonds. The number of alkyl halides is 1. The van der Waals surface area contributed by atoms with Gasteiger partial charge in [-0.25, -0.2) is 8.42 Å². The monoisotopic (exact) mass is 343 g/mol. The van der Waals surface area contributed by atoms with Crippen molar-refractivity contribution in [3.63, 3.8) is 0 Å². The molecular weight excluding hydrogens is 333 g/mol. The van der Waals surface area contributed by atoms with E-state index < -0.39 is 21.8 Å². The summed E-state index contributed by atoms with van der Waals surface area (Å²) in [5, 5.41) is 3.06. The summed E-state index contributed by atoms with van der Waals surface area (Å²) >= 11 is 3.28. The Morgan fingerprint density at radius 2 is 1.83 bits per heavy atom. The molecule has 0 aliphatic carbocycles. The smallest absolute Gasteiger partial charge is 0.748 e. The normalized spacial score (nSPS) is 10.6. The Hall–Kier alpha value is 0.0800. The molecule has 0 saturated carbocycles. The maximum absolute atomic E-state index is 11.5. The Labute approximate surface area is 137 Å². The molecule has 0 aliphatic heterocycles. The Kier molecular flexibility index (Phi) is 8.33. The summed E-state index contributed by atoms with van der Waals surface area (Å²) in [6.07, 6.45) is 0. The summed E-state index contributed by atoms with van der Waals surface area (Å²) in [6, 6.07) is 6.84. The van der Waals surface area contributed by atoms with Gasteiger partial charge in [0, 0.05) is 17.4 Å². The number of halogens is 1. The van der Waals surface area contributed by atoms with E-state index in [0.29, 0.717) is 10.9 Å². The molecule has 1 aromatic carbocycles. The summed E-state index contributed by atoms with van der Waals surface area (Å²) in [6.45, 7) is -0.176. The van der Waals surface area contributed by atoms with Crippen molar-refractivity contribution >= 4 is 32.0 Å². The Morgan fingerprint density at radius 3 is 2.28 bits per heavy atom. The number of benzene rings is 1. The minimum atomic E-state index is -4.28. The molecule has 0 unspecified atom stereocenters. The van der Waals surface area contributed by atoms with Gasteiger partial charge in [0.1, 0.15) is 0 Å². The summed E-state index contributed by atoms with van der Waals surface area (Å²) < 4.78 is 31.0. The molecular formula is C10H11BrNNaO4S. The second-order valence-corrected chi connectivity index (χ2v) is 5.43. The predicted octanol–water partition coefficient (Wildman–Crippen LogP) is -2.14. The number of carbonyl (C=O) groups is 1. The van der Waals surface area contributed by atoms with Crippen LogP contribution in [0.2, 0.25) is 0 Å². The van der Waals surface area contributed by atoms with Gasteiger partial charge in [0.05, 0.1) is 15.9 Å². The zero-order valence-electron chi connectivity index (χ0n) is 9.85. The van der Waals surface area contributed by atoms with Crippen LogP contribution in [0, 0.1) is 0 Å². The molecule has 94 valence electrons. The second-order valence-electron chi connectivity index (χ2n) is 3.35. The molecule has 0 aromatic heterocycles. The summed E-state index contributed by atoms with van der Waals surface area (Å²) in [5.74, 6) is -0.993. The average Bonchev–Trinajstić information content (AvgIpc) is 2.27. The number of carbonyl (C=O) groups excluding carboxylic acids is 1. The first-order chi connectivity index (χ1) is 7.92. The van der Waals surface area contributed by atoms with E-state index in [1.165, 1.54) is 0 Å². The van der Waals surface area contributed by atoms with Crippen molar-refractivity contribution in [3.05, 3.63) is 35.4 Å². The van der Waals surface area contributed by atoms with E-state index in [2.05, 4.69) is 21.2 Å². The minimum absolute atomic E-state index is 0.